The number of aromatic nitrogens is 3. The summed E-state index contributed by atoms with van der Waals surface area (Å²) in [5.74, 6) is 1.82. The lowest BCUT2D eigenvalue weighted by Crippen LogP contribution is -2.27. The Balaban J connectivity index is 1.85. The molecule has 0 saturated carbocycles. The molecule has 4 heterocycles. The van der Waals surface area contributed by atoms with Gasteiger partial charge >= 0.3 is 0 Å². The number of nitrogens with zero attached hydrogens (tertiary/aromatic N) is 6. The van der Waals surface area contributed by atoms with Crippen molar-refractivity contribution in [3.05, 3.63) is 71.7 Å². The van der Waals surface area contributed by atoms with Crippen LogP contribution < -0.4 is 15.4 Å². The van der Waals surface area contributed by atoms with Gasteiger partial charge in [0.1, 0.15) is 23.7 Å². The first-order valence-electron chi connectivity index (χ1n) is 10.2. The molecule has 0 aliphatic carbocycles. The Kier molecular flexibility index (Phi) is 4.52. The van der Waals surface area contributed by atoms with Crippen LogP contribution in [0.25, 0.3) is 11.1 Å². The monoisotopic (exact) mass is 423 g/mol. The molecule has 0 amide bonds. The van der Waals surface area contributed by atoms with Crippen LogP contribution in [0.5, 0.6) is 5.75 Å². The van der Waals surface area contributed by atoms with Crippen LogP contribution >= 0.6 is 0 Å². The van der Waals surface area contributed by atoms with E-state index in [2.05, 4.69) is 28.3 Å². The summed E-state index contributed by atoms with van der Waals surface area (Å²) in [6.07, 6.45) is 9.04. The molecule has 2 aliphatic rings. The maximum absolute atomic E-state index is 9.80. The number of fused-ring (bicyclic) bond motifs is 7. The Morgan fingerprint density at radius 1 is 1.22 bits per heavy atom. The van der Waals surface area contributed by atoms with E-state index < -0.39 is 0 Å². The Labute approximate surface area is 185 Å². The minimum atomic E-state index is -0.312. The van der Waals surface area contributed by atoms with Gasteiger partial charge in [0.15, 0.2) is 17.4 Å². The first-order chi connectivity index (χ1) is 15.5. The van der Waals surface area contributed by atoms with E-state index in [1.165, 1.54) is 4.68 Å². The maximum atomic E-state index is 9.80. The molecule has 2 N–H and O–H groups in total. The average molecular weight is 423 g/mol. The number of hydrogen-bond donors (Lipinski definition) is 1. The SMILES string of the molecule is Cc1ccc2c(c1)[C@@H](C)Oc1cc(cnc1N)-c1c(nn(C)c1C#N)N=C1C=CC=CN12. The van der Waals surface area contributed by atoms with Crippen LogP contribution in [0.15, 0.2) is 59.9 Å². The molecule has 1 aromatic carbocycles. The number of aryl methyl sites for hydroxylation is 2. The molecule has 0 saturated heterocycles. The second-order valence-electron chi connectivity index (χ2n) is 7.75. The third-order valence-electron chi connectivity index (χ3n) is 5.55. The normalized spacial score (nSPS) is 16.5. The quantitative estimate of drug-likeness (QED) is 0.577. The summed E-state index contributed by atoms with van der Waals surface area (Å²) >= 11 is 0. The topological polar surface area (TPSA) is 105 Å². The largest absolute Gasteiger partial charge is 0.482 e. The zero-order valence-corrected chi connectivity index (χ0v) is 17.9. The average Bonchev–Trinajstić information content (AvgIpc) is 3.09. The molecule has 0 spiro atoms. The predicted octanol–water partition coefficient (Wildman–Crippen LogP) is 4.32. The van der Waals surface area contributed by atoms with Gasteiger partial charge in [0.25, 0.3) is 0 Å². The van der Waals surface area contributed by atoms with Gasteiger partial charge in [-0.05, 0) is 38.1 Å². The summed E-state index contributed by atoms with van der Waals surface area (Å²) in [6.45, 7) is 4.02. The number of nitriles is 1. The summed E-state index contributed by atoms with van der Waals surface area (Å²) < 4.78 is 7.83. The maximum Gasteiger partial charge on any atom is 0.185 e. The lowest BCUT2D eigenvalue weighted by Gasteiger charge is -2.28. The standard InChI is InChI=1S/C24H21N7O/c1-14-7-8-18-17(10-14)15(2)32-20-11-16(13-27-23(20)26)22-19(12-25)30(3)29-24(22)28-21-6-4-5-9-31(18)21/h4-11,13,15H,1-3H3,(H2,26,27)/t15-/m1/s1. The van der Waals surface area contributed by atoms with E-state index in [4.69, 9.17) is 15.5 Å². The molecule has 0 fully saturated rings. The second-order valence-corrected chi connectivity index (χ2v) is 7.75. The first-order valence-corrected chi connectivity index (χ1v) is 10.2. The molecule has 2 bridgehead atoms. The van der Waals surface area contributed by atoms with E-state index in [0.717, 1.165) is 16.8 Å². The molecule has 158 valence electrons. The van der Waals surface area contributed by atoms with Crippen molar-refractivity contribution in [2.45, 2.75) is 20.0 Å². The third-order valence-corrected chi connectivity index (χ3v) is 5.55. The molecule has 3 aromatic rings. The van der Waals surface area contributed by atoms with Crippen LogP contribution in [0.4, 0.5) is 17.3 Å². The zero-order valence-electron chi connectivity index (χ0n) is 17.9. The van der Waals surface area contributed by atoms with E-state index in [9.17, 15) is 5.26 Å². The van der Waals surface area contributed by atoms with E-state index in [0.29, 0.717) is 34.2 Å². The van der Waals surface area contributed by atoms with Crippen LogP contribution in [0.3, 0.4) is 0 Å². The molecule has 32 heavy (non-hydrogen) atoms. The van der Waals surface area contributed by atoms with Crippen molar-refractivity contribution in [3.8, 4) is 22.9 Å². The number of nitrogens with two attached hydrogens (primary N) is 1. The number of amidine groups is 1. The van der Waals surface area contributed by atoms with Gasteiger partial charge in [-0.15, -0.1) is 0 Å². The Morgan fingerprint density at radius 2 is 2.06 bits per heavy atom. The van der Waals surface area contributed by atoms with Gasteiger partial charge in [0.2, 0.25) is 0 Å². The molecular formula is C24H21N7O. The first kappa shape index (κ1) is 19.6. The molecule has 0 unspecified atom stereocenters. The summed E-state index contributed by atoms with van der Waals surface area (Å²) in [5, 5.41) is 14.3. The summed E-state index contributed by atoms with van der Waals surface area (Å²) in [5.41, 5.74) is 10.8. The van der Waals surface area contributed by atoms with Gasteiger partial charge in [-0.25, -0.2) is 9.98 Å². The van der Waals surface area contributed by atoms with E-state index in [-0.39, 0.29) is 11.9 Å². The van der Waals surface area contributed by atoms with Gasteiger partial charge in [0.05, 0.1) is 11.3 Å². The smallest absolute Gasteiger partial charge is 0.185 e. The van der Waals surface area contributed by atoms with Crippen LogP contribution in [-0.2, 0) is 7.05 Å². The van der Waals surface area contributed by atoms with Gasteiger partial charge in [-0.3, -0.25) is 4.68 Å². The number of aliphatic imine (C=N–C) groups is 1. The van der Waals surface area contributed by atoms with Crippen LogP contribution in [0.2, 0.25) is 0 Å². The minimum absolute atomic E-state index is 0.279. The van der Waals surface area contributed by atoms with Gasteiger partial charge in [-0.2, -0.15) is 10.4 Å². The number of ether oxygens (including phenoxy) is 1. The number of pyridine rings is 1. The Morgan fingerprint density at radius 3 is 2.88 bits per heavy atom. The van der Waals surface area contributed by atoms with Crippen LogP contribution in [0.1, 0.15) is 29.8 Å². The second kappa shape index (κ2) is 7.39. The van der Waals surface area contributed by atoms with Crippen molar-refractivity contribution >= 4 is 23.2 Å². The van der Waals surface area contributed by atoms with Crippen molar-refractivity contribution in [3.63, 3.8) is 0 Å². The van der Waals surface area contributed by atoms with Crippen molar-refractivity contribution in [2.75, 3.05) is 10.6 Å². The van der Waals surface area contributed by atoms with Crippen molar-refractivity contribution in [1.82, 2.24) is 14.8 Å². The number of anilines is 2. The number of rotatable bonds is 0. The predicted molar refractivity (Wildman–Crippen MR) is 124 cm³/mol. The zero-order chi connectivity index (χ0) is 22.4. The lowest BCUT2D eigenvalue weighted by atomic mass is 10.0. The Hall–Kier alpha value is -4.38. The number of hydrogen-bond acceptors (Lipinski definition) is 7. The highest BCUT2D eigenvalue weighted by atomic mass is 16.5. The number of allylic oxidation sites excluding steroid dienone is 2. The van der Waals surface area contributed by atoms with E-state index >= 15 is 0 Å². The van der Waals surface area contributed by atoms with Crippen molar-refractivity contribution in [2.24, 2.45) is 12.0 Å². The van der Waals surface area contributed by atoms with Crippen LogP contribution in [0, 0.1) is 18.3 Å². The highest BCUT2D eigenvalue weighted by Crippen LogP contribution is 2.39. The summed E-state index contributed by atoms with van der Waals surface area (Å²) in [4.78, 5) is 11.2. The molecule has 2 aromatic heterocycles. The number of nitrogen functional groups attached to an aromatic ring is 1. The molecule has 8 nitrogen and oxygen atoms in total. The molecular weight excluding hydrogens is 402 g/mol. The van der Waals surface area contributed by atoms with Gasteiger partial charge in [-0.1, -0.05) is 23.8 Å². The van der Waals surface area contributed by atoms with Crippen molar-refractivity contribution < 1.29 is 4.74 Å². The third kappa shape index (κ3) is 3.11. The van der Waals surface area contributed by atoms with Gasteiger partial charge < -0.3 is 15.4 Å². The lowest BCUT2D eigenvalue weighted by molar-refractivity contribution is 0.228. The molecule has 2 aliphatic heterocycles. The summed E-state index contributed by atoms with van der Waals surface area (Å²) in [7, 11) is 1.72. The highest BCUT2D eigenvalue weighted by molar-refractivity contribution is 6.10. The van der Waals surface area contributed by atoms with E-state index in [1.54, 1.807) is 19.3 Å². The highest BCUT2D eigenvalue weighted by Gasteiger charge is 2.25. The fourth-order valence-corrected chi connectivity index (χ4v) is 3.98. The summed E-state index contributed by atoms with van der Waals surface area (Å²) in [6, 6.07) is 10.2. The fourth-order valence-electron chi connectivity index (χ4n) is 3.98. The fraction of sp³-hybridized carbons (Fsp3) is 0.167. The van der Waals surface area contributed by atoms with Crippen molar-refractivity contribution in [1.29, 1.82) is 5.26 Å². The number of benzene rings is 1. The molecule has 0 radical (unpaired) electrons. The molecule has 1 atom stereocenters. The molecule has 5 rings (SSSR count). The van der Waals surface area contributed by atoms with E-state index in [1.807, 2.05) is 49.2 Å². The minimum Gasteiger partial charge on any atom is -0.482 e. The van der Waals surface area contributed by atoms with Gasteiger partial charge in [0, 0.05) is 30.6 Å². The Bertz CT molecular complexity index is 1370. The van der Waals surface area contributed by atoms with Crippen LogP contribution in [-0.4, -0.2) is 20.6 Å². The molecule has 8 heteroatoms.